The molecule has 0 aliphatic carbocycles. The summed E-state index contributed by atoms with van der Waals surface area (Å²) in [4.78, 5) is 29.9. The maximum Gasteiger partial charge on any atom is 0.415 e. The zero-order valence-electron chi connectivity index (χ0n) is 16.3. The topological polar surface area (TPSA) is 99.7 Å². The summed E-state index contributed by atoms with van der Waals surface area (Å²) in [6.07, 6.45) is 0.193. The van der Waals surface area contributed by atoms with Crippen LogP contribution in [-0.2, 0) is 22.5 Å². The number of nitrogens with two attached hydrogens (primary N) is 1. The van der Waals surface area contributed by atoms with Gasteiger partial charge in [-0.15, -0.1) is 0 Å². The lowest BCUT2D eigenvalue weighted by atomic mass is 9.99. The fraction of sp³-hybridized carbons (Fsp3) is 0.450. The van der Waals surface area contributed by atoms with Crippen LogP contribution < -0.4 is 15.4 Å². The average Bonchev–Trinajstić information content (AvgIpc) is 3.07. The molecule has 28 heavy (non-hydrogen) atoms. The van der Waals surface area contributed by atoms with E-state index in [1.807, 2.05) is 39.0 Å². The molecule has 1 fully saturated rings. The molecule has 4 rings (SSSR count). The second kappa shape index (κ2) is 6.85. The second-order valence-corrected chi connectivity index (χ2v) is 7.48. The minimum Gasteiger partial charge on any atom is -0.491 e. The number of fused-ring (bicyclic) bond motifs is 3. The van der Waals surface area contributed by atoms with E-state index in [-0.39, 0.29) is 24.0 Å². The molecule has 0 radical (unpaired) electrons. The number of amides is 2. The van der Waals surface area contributed by atoms with E-state index in [2.05, 4.69) is 4.57 Å². The molecular weight excluding hydrogens is 360 g/mol. The molecule has 0 bridgehead atoms. The van der Waals surface area contributed by atoms with Crippen molar-refractivity contribution in [2.24, 2.45) is 11.7 Å². The first kappa shape index (κ1) is 18.3. The van der Waals surface area contributed by atoms with Crippen molar-refractivity contribution >= 4 is 17.8 Å². The Morgan fingerprint density at radius 2 is 2.18 bits per heavy atom. The van der Waals surface area contributed by atoms with E-state index >= 15 is 0 Å². The number of ether oxygens (including phenoxy) is 2. The predicted molar refractivity (Wildman–Crippen MR) is 103 cm³/mol. The van der Waals surface area contributed by atoms with Gasteiger partial charge in [0.05, 0.1) is 23.8 Å². The first-order valence-electron chi connectivity index (χ1n) is 9.45. The first-order chi connectivity index (χ1) is 13.4. The number of rotatable bonds is 4. The summed E-state index contributed by atoms with van der Waals surface area (Å²) < 4.78 is 13.2. The Kier molecular flexibility index (Phi) is 4.49. The molecule has 8 heteroatoms. The Bertz CT molecular complexity index is 952. The Labute approximate surface area is 163 Å². The van der Waals surface area contributed by atoms with Crippen molar-refractivity contribution in [2.45, 2.75) is 39.8 Å². The summed E-state index contributed by atoms with van der Waals surface area (Å²) in [5.74, 6) is 1.55. The van der Waals surface area contributed by atoms with Crippen molar-refractivity contribution in [3.8, 4) is 17.1 Å². The van der Waals surface area contributed by atoms with Crippen LogP contribution in [0.25, 0.3) is 11.4 Å². The summed E-state index contributed by atoms with van der Waals surface area (Å²) in [5, 5.41) is 0. The Morgan fingerprint density at radius 3 is 2.86 bits per heavy atom. The quantitative estimate of drug-likeness (QED) is 0.872. The number of hydrogen-bond donors (Lipinski definition) is 1. The standard InChI is InChI=1S/C20H24N4O4/c1-11(17(21)25)8-14-4-5-15-16(9-14)27-7-6-23-13(3)18(22-19(15)23)24-12(2)10-28-20(24)26/h4-5,9,11-12H,6-8,10H2,1-3H3,(H2,21,25)/t11-,12-/m1/s1. The van der Waals surface area contributed by atoms with E-state index in [0.717, 1.165) is 28.4 Å². The number of benzene rings is 1. The minimum absolute atomic E-state index is 0.0567. The lowest BCUT2D eigenvalue weighted by Crippen LogP contribution is -2.32. The summed E-state index contributed by atoms with van der Waals surface area (Å²) in [7, 11) is 0. The highest BCUT2D eigenvalue weighted by Crippen LogP contribution is 2.37. The highest BCUT2D eigenvalue weighted by molar-refractivity contribution is 5.90. The van der Waals surface area contributed by atoms with Gasteiger partial charge < -0.3 is 19.8 Å². The molecule has 1 aromatic carbocycles. The van der Waals surface area contributed by atoms with Crippen LogP contribution in [0.5, 0.6) is 5.75 Å². The van der Waals surface area contributed by atoms with Crippen molar-refractivity contribution in [1.82, 2.24) is 9.55 Å². The molecule has 0 spiro atoms. The van der Waals surface area contributed by atoms with Gasteiger partial charge in [-0.3, -0.25) is 9.69 Å². The van der Waals surface area contributed by atoms with Crippen LogP contribution >= 0.6 is 0 Å². The monoisotopic (exact) mass is 384 g/mol. The average molecular weight is 384 g/mol. The molecule has 2 amide bonds. The summed E-state index contributed by atoms with van der Waals surface area (Å²) in [6.45, 7) is 7.20. The number of cyclic esters (lactones) is 1. The molecule has 148 valence electrons. The van der Waals surface area contributed by atoms with Crippen LogP contribution in [0.2, 0.25) is 0 Å². The molecule has 2 atom stereocenters. The minimum atomic E-state index is -0.365. The molecule has 8 nitrogen and oxygen atoms in total. The van der Waals surface area contributed by atoms with Gasteiger partial charge in [0.15, 0.2) is 5.82 Å². The van der Waals surface area contributed by atoms with E-state index in [4.69, 9.17) is 20.2 Å². The molecule has 2 aromatic rings. The van der Waals surface area contributed by atoms with Crippen LogP contribution in [0.3, 0.4) is 0 Å². The number of imidazole rings is 1. The van der Waals surface area contributed by atoms with E-state index < -0.39 is 0 Å². The molecule has 2 N–H and O–H groups in total. The number of anilines is 1. The maximum atomic E-state index is 12.2. The van der Waals surface area contributed by atoms with Crippen LogP contribution in [0.15, 0.2) is 18.2 Å². The highest BCUT2D eigenvalue weighted by Gasteiger charge is 2.35. The number of carbonyl (C=O) groups is 2. The van der Waals surface area contributed by atoms with Crippen LogP contribution in [-0.4, -0.2) is 40.8 Å². The normalized spacial score (nSPS) is 19.3. The largest absolute Gasteiger partial charge is 0.491 e. The van der Waals surface area contributed by atoms with Gasteiger partial charge in [0.1, 0.15) is 24.8 Å². The third kappa shape index (κ3) is 2.98. The lowest BCUT2D eigenvalue weighted by molar-refractivity contribution is -0.121. The fourth-order valence-electron chi connectivity index (χ4n) is 3.74. The van der Waals surface area contributed by atoms with Gasteiger partial charge in [0.2, 0.25) is 5.91 Å². The number of nitrogens with zero attached hydrogens (tertiary/aromatic N) is 3. The van der Waals surface area contributed by atoms with Gasteiger partial charge in [0, 0.05) is 5.92 Å². The van der Waals surface area contributed by atoms with E-state index in [1.165, 1.54) is 0 Å². The molecule has 0 saturated carbocycles. The zero-order valence-corrected chi connectivity index (χ0v) is 16.3. The SMILES string of the molecule is Cc1c(N2C(=O)OC[C@H]2C)nc2n1CCOc1cc(C[C@@H](C)C(N)=O)ccc1-2. The number of aromatic nitrogens is 2. The molecule has 3 heterocycles. The van der Waals surface area contributed by atoms with Gasteiger partial charge in [-0.2, -0.15) is 0 Å². The molecule has 1 aromatic heterocycles. The Hall–Kier alpha value is -3.03. The van der Waals surface area contributed by atoms with Gasteiger partial charge in [0.25, 0.3) is 0 Å². The third-order valence-corrected chi connectivity index (χ3v) is 5.40. The second-order valence-electron chi connectivity index (χ2n) is 7.48. The molecular formula is C20H24N4O4. The molecule has 2 aliphatic rings. The van der Waals surface area contributed by atoms with Crippen LogP contribution in [0, 0.1) is 12.8 Å². The van der Waals surface area contributed by atoms with Crippen molar-refractivity contribution in [1.29, 1.82) is 0 Å². The summed E-state index contributed by atoms with van der Waals surface area (Å²) >= 11 is 0. The van der Waals surface area contributed by atoms with Crippen molar-refractivity contribution in [2.75, 3.05) is 18.1 Å². The van der Waals surface area contributed by atoms with Gasteiger partial charge in [-0.25, -0.2) is 9.78 Å². The first-order valence-corrected chi connectivity index (χ1v) is 9.45. The Balaban J connectivity index is 1.74. The van der Waals surface area contributed by atoms with Gasteiger partial charge >= 0.3 is 6.09 Å². The smallest absolute Gasteiger partial charge is 0.415 e. The molecule has 0 unspecified atom stereocenters. The van der Waals surface area contributed by atoms with Crippen LogP contribution in [0.4, 0.5) is 10.6 Å². The third-order valence-electron chi connectivity index (χ3n) is 5.40. The van der Waals surface area contributed by atoms with Gasteiger partial charge in [-0.1, -0.05) is 13.0 Å². The Morgan fingerprint density at radius 1 is 1.39 bits per heavy atom. The van der Waals surface area contributed by atoms with Crippen molar-refractivity contribution in [3.63, 3.8) is 0 Å². The van der Waals surface area contributed by atoms with Crippen LogP contribution in [0.1, 0.15) is 25.1 Å². The maximum absolute atomic E-state index is 12.2. The van der Waals surface area contributed by atoms with Crippen molar-refractivity contribution < 1.29 is 19.1 Å². The van der Waals surface area contributed by atoms with Gasteiger partial charge in [-0.05, 0) is 38.0 Å². The summed E-state index contributed by atoms with van der Waals surface area (Å²) in [5.41, 5.74) is 8.14. The van der Waals surface area contributed by atoms with E-state index in [1.54, 1.807) is 4.90 Å². The van der Waals surface area contributed by atoms with Crippen molar-refractivity contribution in [3.05, 3.63) is 29.5 Å². The van der Waals surface area contributed by atoms with E-state index in [0.29, 0.717) is 32.0 Å². The summed E-state index contributed by atoms with van der Waals surface area (Å²) in [6, 6.07) is 5.81. The molecule has 2 aliphatic heterocycles. The molecule has 1 saturated heterocycles. The highest BCUT2D eigenvalue weighted by atomic mass is 16.6. The number of carbonyl (C=O) groups excluding carboxylic acids is 2. The number of hydrogen-bond acceptors (Lipinski definition) is 5. The zero-order chi connectivity index (χ0) is 20.0. The lowest BCUT2D eigenvalue weighted by Gasteiger charge is -2.16. The van der Waals surface area contributed by atoms with E-state index in [9.17, 15) is 9.59 Å². The fourth-order valence-corrected chi connectivity index (χ4v) is 3.74. The number of primary amides is 1. The predicted octanol–water partition coefficient (Wildman–Crippen LogP) is 2.26.